The molecule has 2 amide bonds. The maximum atomic E-state index is 12.5. The van der Waals surface area contributed by atoms with Crippen molar-refractivity contribution in [1.29, 1.82) is 0 Å². The van der Waals surface area contributed by atoms with Gasteiger partial charge in [0, 0.05) is 29.1 Å². The largest absolute Gasteiger partial charge is 0.351 e. The Labute approximate surface area is 183 Å². The first-order valence-corrected chi connectivity index (χ1v) is 10.8. The van der Waals surface area contributed by atoms with Gasteiger partial charge in [0.1, 0.15) is 0 Å². The van der Waals surface area contributed by atoms with E-state index in [0.29, 0.717) is 24.2 Å². The van der Waals surface area contributed by atoms with Crippen LogP contribution in [0.25, 0.3) is 0 Å². The molecule has 1 aromatic heterocycles. The molecule has 1 saturated heterocycles. The average molecular weight is 436 g/mol. The van der Waals surface area contributed by atoms with Crippen LogP contribution in [0.3, 0.4) is 0 Å². The van der Waals surface area contributed by atoms with Crippen molar-refractivity contribution in [3.63, 3.8) is 0 Å². The molecule has 5 nitrogen and oxygen atoms in total. The molecule has 0 bridgehead atoms. The minimum Gasteiger partial charge on any atom is -0.351 e. The Morgan fingerprint density at radius 3 is 2.69 bits per heavy atom. The highest BCUT2D eigenvalue weighted by molar-refractivity contribution is 7.09. The summed E-state index contributed by atoms with van der Waals surface area (Å²) in [5.41, 5.74) is 1.39. The molecule has 3 N–H and O–H groups in total. The van der Waals surface area contributed by atoms with Crippen LogP contribution in [-0.2, 0) is 11.2 Å². The molecule has 158 valence electrons. The van der Waals surface area contributed by atoms with Crippen LogP contribution in [0.1, 0.15) is 47.8 Å². The molecule has 1 fully saturated rings. The molecule has 2 aromatic rings. The number of anilines is 1. The van der Waals surface area contributed by atoms with Crippen molar-refractivity contribution in [2.45, 2.75) is 39.0 Å². The number of carbonyl (C=O) groups excluding carboxylic acids is 2. The van der Waals surface area contributed by atoms with E-state index in [1.807, 2.05) is 18.2 Å². The molecular formula is C22H30ClN3O2S. The fourth-order valence-corrected chi connectivity index (χ4v) is 4.19. The predicted molar refractivity (Wildman–Crippen MR) is 122 cm³/mol. The summed E-state index contributed by atoms with van der Waals surface area (Å²) in [5, 5.41) is 11.4. The van der Waals surface area contributed by atoms with Gasteiger partial charge < -0.3 is 16.0 Å². The molecule has 7 heteroatoms. The summed E-state index contributed by atoms with van der Waals surface area (Å²) in [5.74, 6) is -0.107. The van der Waals surface area contributed by atoms with Gasteiger partial charge in [0.2, 0.25) is 5.91 Å². The van der Waals surface area contributed by atoms with E-state index in [2.05, 4.69) is 34.3 Å². The maximum absolute atomic E-state index is 12.5. The van der Waals surface area contributed by atoms with Crippen LogP contribution in [0.4, 0.5) is 5.69 Å². The summed E-state index contributed by atoms with van der Waals surface area (Å²) >= 11 is 1.72. The van der Waals surface area contributed by atoms with Crippen LogP contribution in [0.15, 0.2) is 41.8 Å². The molecule has 0 aliphatic carbocycles. The smallest absolute Gasteiger partial charge is 0.251 e. The molecule has 2 heterocycles. The third-order valence-corrected chi connectivity index (χ3v) is 6.24. The van der Waals surface area contributed by atoms with Crippen molar-refractivity contribution >= 4 is 41.2 Å². The quantitative estimate of drug-likeness (QED) is 0.580. The SMILES string of the molecule is CC1(CNC(=O)c2cccc(NC(=O)CCCc3cccs3)c2)CCNCC1.Cl. The van der Waals surface area contributed by atoms with Crippen molar-refractivity contribution in [2.24, 2.45) is 5.41 Å². The highest BCUT2D eigenvalue weighted by Crippen LogP contribution is 2.26. The normalized spacial score (nSPS) is 15.2. The average Bonchev–Trinajstić information content (AvgIpc) is 3.20. The summed E-state index contributed by atoms with van der Waals surface area (Å²) in [7, 11) is 0. The molecule has 0 spiro atoms. The Hall–Kier alpha value is -1.89. The van der Waals surface area contributed by atoms with E-state index in [1.54, 1.807) is 23.5 Å². The topological polar surface area (TPSA) is 70.2 Å². The van der Waals surface area contributed by atoms with E-state index in [-0.39, 0.29) is 29.6 Å². The fraction of sp³-hybridized carbons (Fsp3) is 0.455. The first kappa shape index (κ1) is 23.4. The Morgan fingerprint density at radius 2 is 1.97 bits per heavy atom. The maximum Gasteiger partial charge on any atom is 0.251 e. The summed E-state index contributed by atoms with van der Waals surface area (Å²) in [6, 6.07) is 11.3. The van der Waals surface area contributed by atoms with Crippen LogP contribution in [0.5, 0.6) is 0 Å². The third-order valence-electron chi connectivity index (χ3n) is 5.30. The van der Waals surface area contributed by atoms with Crippen LogP contribution in [0, 0.1) is 5.41 Å². The zero-order valence-corrected chi connectivity index (χ0v) is 18.5. The zero-order valence-electron chi connectivity index (χ0n) is 16.8. The van der Waals surface area contributed by atoms with Crippen molar-refractivity contribution in [2.75, 3.05) is 25.0 Å². The first-order valence-electron chi connectivity index (χ1n) is 9.95. The highest BCUT2D eigenvalue weighted by atomic mass is 35.5. The van der Waals surface area contributed by atoms with Gasteiger partial charge in [-0.1, -0.05) is 19.1 Å². The third kappa shape index (κ3) is 7.46. The van der Waals surface area contributed by atoms with Gasteiger partial charge in [0.15, 0.2) is 0 Å². The molecule has 3 rings (SSSR count). The van der Waals surface area contributed by atoms with E-state index in [1.165, 1.54) is 4.88 Å². The standard InChI is InChI=1S/C22H29N3O2S.ClH/c1-22(10-12-23-13-11-22)16-24-21(27)17-5-2-6-18(15-17)25-20(26)9-3-7-19-8-4-14-28-19;/h2,4-6,8,14-15,23H,3,7,9-13,16H2,1H3,(H,24,27)(H,25,26);1H. The summed E-state index contributed by atoms with van der Waals surface area (Å²) in [4.78, 5) is 26.0. The van der Waals surface area contributed by atoms with Gasteiger partial charge in [-0.25, -0.2) is 0 Å². The highest BCUT2D eigenvalue weighted by Gasteiger charge is 2.27. The lowest BCUT2D eigenvalue weighted by molar-refractivity contribution is -0.116. The first-order chi connectivity index (χ1) is 13.5. The summed E-state index contributed by atoms with van der Waals surface area (Å²) in [6.07, 6.45) is 4.34. The molecular weight excluding hydrogens is 406 g/mol. The van der Waals surface area contributed by atoms with Gasteiger partial charge in [-0.05, 0) is 73.8 Å². The molecule has 0 atom stereocenters. The number of benzene rings is 1. The Kier molecular flexibility index (Phi) is 9.14. The van der Waals surface area contributed by atoms with Gasteiger partial charge >= 0.3 is 0 Å². The molecule has 0 radical (unpaired) electrons. The number of halogens is 1. The van der Waals surface area contributed by atoms with E-state index in [0.717, 1.165) is 38.8 Å². The van der Waals surface area contributed by atoms with Crippen LogP contribution in [-0.4, -0.2) is 31.4 Å². The Balaban J connectivity index is 0.00000300. The van der Waals surface area contributed by atoms with E-state index >= 15 is 0 Å². The van der Waals surface area contributed by atoms with Crippen LogP contribution in [0.2, 0.25) is 0 Å². The number of amides is 2. The number of carbonyl (C=O) groups is 2. The molecule has 0 saturated carbocycles. The summed E-state index contributed by atoms with van der Waals surface area (Å²) < 4.78 is 0. The number of nitrogens with one attached hydrogen (secondary N) is 3. The second-order valence-corrected chi connectivity index (χ2v) is 8.84. The van der Waals surface area contributed by atoms with Gasteiger partial charge in [-0.2, -0.15) is 0 Å². The molecule has 1 aliphatic heterocycles. The molecule has 0 unspecified atom stereocenters. The van der Waals surface area contributed by atoms with Crippen molar-refractivity contribution in [1.82, 2.24) is 10.6 Å². The Bertz CT molecular complexity index is 789. The molecule has 1 aromatic carbocycles. The van der Waals surface area contributed by atoms with Crippen molar-refractivity contribution in [3.05, 3.63) is 52.2 Å². The van der Waals surface area contributed by atoms with Gasteiger partial charge in [-0.3, -0.25) is 9.59 Å². The zero-order chi connectivity index (χ0) is 19.8. The van der Waals surface area contributed by atoms with E-state index in [4.69, 9.17) is 0 Å². The van der Waals surface area contributed by atoms with Crippen molar-refractivity contribution in [3.8, 4) is 0 Å². The van der Waals surface area contributed by atoms with Crippen LogP contribution >= 0.6 is 23.7 Å². The number of rotatable bonds is 8. The minimum absolute atomic E-state index is 0. The van der Waals surface area contributed by atoms with Crippen LogP contribution < -0.4 is 16.0 Å². The van der Waals surface area contributed by atoms with E-state index in [9.17, 15) is 9.59 Å². The Morgan fingerprint density at radius 1 is 1.17 bits per heavy atom. The second-order valence-electron chi connectivity index (χ2n) is 7.81. The number of hydrogen-bond acceptors (Lipinski definition) is 4. The fourth-order valence-electron chi connectivity index (χ4n) is 3.44. The molecule has 1 aliphatic rings. The van der Waals surface area contributed by atoms with Gasteiger partial charge in [0.05, 0.1) is 0 Å². The number of thiophene rings is 1. The monoisotopic (exact) mass is 435 g/mol. The predicted octanol–water partition coefficient (Wildman–Crippen LogP) is 4.25. The number of aryl methyl sites for hydroxylation is 1. The van der Waals surface area contributed by atoms with Gasteiger partial charge in [-0.15, -0.1) is 23.7 Å². The minimum atomic E-state index is -0.0893. The lowest BCUT2D eigenvalue weighted by Crippen LogP contribution is -2.42. The second kappa shape index (κ2) is 11.3. The lowest BCUT2D eigenvalue weighted by Gasteiger charge is -2.34. The number of hydrogen-bond donors (Lipinski definition) is 3. The van der Waals surface area contributed by atoms with Crippen molar-refractivity contribution < 1.29 is 9.59 Å². The molecule has 29 heavy (non-hydrogen) atoms. The van der Waals surface area contributed by atoms with Gasteiger partial charge in [0.25, 0.3) is 5.91 Å². The lowest BCUT2D eigenvalue weighted by atomic mass is 9.81. The summed E-state index contributed by atoms with van der Waals surface area (Å²) in [6.45, 7) is 4.90. The number of piperidine rings is 1. The van der Waals surface area contributed by atoms with E-state index < -0.39 is 0 Å².